The number of Topliss-reactive ketones (excluding diaryl/α,β-unsaturated/α-hetero) is 2. The quantitative estimate of drug-likeness (QED) is 0.104. The Kier molecular flexibility index (Phi) is 15.3. The zero-order valence-corrected chi connectivity index (χ0v) is 21.2. The van der Waals surface area contributed by atoms with Crippen LogP contribution in [0.4, 0.5) is 0 Å². The third kappa shape index (κ3) is 12.4. The van der Waals surface area contributed by atoms with Crippen molar-refractivity contribution in [1.29, 1.82) is 0 Å². The standard InChI is InChI=1S/C30H39NO5/c1-4-5-6-16-19-25(32)24(3)30(36)23(2)18-15-13-11-9-7-8-10-12-14-17-20-28(35)31-29-26(33)21-22-27(29)34/h4-10,12,14-20,23-25,29-30,32,36H,1,11,13,21-22H2,2-3H3,(H,31,35)/b6-5?,9-7?,10-8+,14-12?,18-15?,19-16?,20-17?. The zero-order valence-electron chi connectivity index (χ0n) is 21.2. The monoisotopic (exact) mass is 493 g/mol. The molecular weight excluding hydrogens is 454 g/mol. The molecule has 0 spiro atoms. The van der Waals surface area contributed by atoms with Gasteiger partial charge < -0.3 is 15.5 Å². The maximum absolute atomic E-state index is 11.7. The number of hydrogen-bond acceptors (Lipinski definition) is 5. The Morgan fingerprint density at radius 3 is 2.14 bits per heavy atom. The molecule has 4 unspecified atom stereocenters. The van der Waals surface area contributed by atoms with Gasteiger partial charge in [0.1, 0.15) is 6.04 Å². The first kappa shape index (κ1) is 30.7. The lowest BCUT2D eigenvalue weighted by atomic mass is 9.88. The molecule has 36 heavy (non-hydrogen) atoms. The van der Waals surface area contributed by atoms with Gasteiger partial charge in [-0.2, -0.15) is 0 Å². The number of ketones is 2. The molecule has 1 rings (SSSR count). The van der Waals surface area contributed by atoms with Crippen LogP contribution in [0.2, 0.25) is 0 Å². The Hall–Kier alpha value is -3.35. The number of aliphatic hydroxyl groups is 2. The van der Waals surface area contributed by atoms with Crippen molar-refractivity contribution in [2.75, 3.05) is 0 Å². The van der Waals surface area contributed by atoms with Crippen molar-refractivity contribution < 1.29 is 24.6 Å². The van der Waals surface area contributed by atoms with E-state index in [0.717, 1.165) is 12.8 Å². The number of nitrogens with one attached hydrogen (secondary N) is 1. The van der Waals surface area contributed by atoms with Crippen molar-refractivity contribution in [2.45, 2.75) is 57.8 Å². The molecule has 3 N–H and O–H groups in total. The van der Waals surface area contributed by atoms with E-state index in [-0.39, 0.29) is 36.2 Å². The molecular formula is C30H39NO5. The first-order chi connectivity index (χ1) is 17.3. The summed E-state index contributed by atoms with van der Waals surface area (Å²) in [5.74, 6) is -1.30. The molecule has 6 nitrogen and oxygen atoms in total. The van der Waals surface area contributed by atoms with E-state index in [1.165, 1.54) is 6.08 Å². The van der Waals surface area contributed by atoms with Crippen LogP contribution in [0.25, 0.3) is 0 Å². The molecule has 1 fully saturated rings. The summed E-state index contributed by atoms with van der Waals surface area (Å²) in [6.45, 7) is 7.35. The second-order valence-electron chi connectivity index (χ2n) is 8.64. The van der Waals surface area contributed by atoms with Crippen LogP contribution < -0.4 is 5.32 Å². The number of aliphatic hydroxyl groups excluding tert-OH is 2. The topological polar surface area (TPSA) is 104 Å². The molecule has 4 atom stereocenters. The fourth-order valence-electron chi connectivity index (χ4n) is 3.43. The molecule has 6 heteroatoms. The van der Waals surface area contributed by atoms with Crippen LogP contribution in [-0.4, -0.2) is 45.9 Å². The maximum atomic E-state index is 11.7. The molecule has 0 radical (unpaired) electrons. The van der Waals surface area contributed by atoms with Gasteiger partial charge in [-0.1, -0.05) is 105 Å². The van der Waals surface area contributed by atoms with E-state index in [4.69, 9.17) is 0 Å². The zero-order chi connectivity index (χ0) is 26.8. The lowest BCUT2D eigenvalue weighted by Gasteiger charge is -2.25. The molecule has 194 valence electrons. The maximum Gasteiger partial charge on any atom is 0.244 e. The highest BCUT2D eigenvalue weighted by molar-refractivity contribution is 6.14. The first-order valence-electron chi connectivity index (χ1n) is 12.3. The average molecular weight is 494 g/mol. The van der Waals surface area contributed by atoms with Gasteiger partial charge in [0.2, 0.25) is 5.91 Å². The van der Waals surface area contributed by atoms with E-state index in [2.05, 4.69) is 11.9 Å². The van der Waals surface area contributed by atoms with Crippen LogP contribution in [0.15, 0.2) is 97.7 Å². The predicted molar refractivity (Wildman–Crippen MR) is 145 cm³/mol. The van der Waals surface area contributed by atoms with Gasteiger partial charge in [-0.3, -0.25) is 14.4 Å². The molecule has 0 bridgehead atoms. The minimum absolute atomic E-state index is 0.0740. The summed E-state index contributed by atoms with van der Waals surface area (Å²) in [6.07, 6.45) is 27.3. The van der Waals surface area contributed by atoms with Crippen molar-refractivity contribution in [1.82, 2.24) is 5.32 Å². The highest BCUT2D eigenvalue weighted by Crippen LogP contribution is 2.19. The van der Waals surface area contributed by atoms with Crippen molar-refractivity contribution in [3.8, 4) is 0 Å². The highest BCUT2D eigenvalue weighted by atomic mass is 16.3. The number of carbonyl (C=O) groups excluding carboxylic acids is 3. The largest absolute Gasteiger partial charge is 0.392 e. The van der Waals surface area contributed by atoms with Crippen LogP contribution in [0.1, 0.15) is 39.5 Å². The van der Waals surface area contributed by atoms with E-state index in [9.17, 15) is 24.6 Å². The van der Waals surface area contributed by atoms with Crippen LogP contribution >= 0.6 is 0 Å². The van der Waals surface area contributed by atoms with Gasteiger partial charge in [0, 0.05) is 30.8 Å². The van der Waals surface area contributed by atoms with E-state index < -0.39 is 24.2 Å². The molecule has 0 saturated heterocycles. The Balaban J connectivity index is 2.27. The van der Waals surface area contributed by atoms with Crippen molar-refractivity contribution >= 4 is 17.5 Å². The van der Waals surface area contributed by atoms with Crippen molar-refractivity contribution in [3.05, 3.63) is 97.7 Å². The van der Waals surface area contributed by atoms with Crippen molar-refractivity contribution in [2.24, 2.45) is 11.8 Å². The van der Waals surface area contributed by atoms with Crippen LogP contribution in [-0.2, 0) is 14.4 Å². The van der Waals surface area contributed by atoms with Crippen LogP contribution in [0.3, 0.4) is 0 Å². The lowest BCUT2D eigenvalue weighted by Crippen LogP contribution is -2.41. The Morgan fingerprint density at radius 1 is 0.889 bits per heavy atom. The normalized spacial score (nSPS) is 19.2. The fraction of sp³-hybridized carbons (Fsp3) is 0.367. The predicted octanol–water partition coefficient (Wildman–Crippen LogP) is 4.26. The van der Waals surface area contributed by atoms with Gasteiger partial charge in [0.25, 0.3) is 0 Å². The molecule has 0 aromatic rings. The highest BCUT2D eigenvalue weighted by Gasteiger charge is 2.33. The third-order valence-electron chi connectivity index (χ3n) is 5.71. The summed E-state index contributed by atoms with van der Waals surface area (Å²) in [6, 6.07) is -0.992. The second-order valence-corrected chi connectivity index (χ2v) is 8.64. The Labute approximate surface area is 214 Å². The molecule has 0 aliphatic heterocycles. The van der Waals surface area contributed by atoms with Crippen LogP contribution in [0, 0.1) is 11.8 Å². The number of carbonyl (C=O) groups is 3. The summed E-state index contributed by atoms with van der Waals surface area (Å²) in [5.41, 5.74) is 0. The molecule has 1 saturated carbocycles. The summed E-state index contributed by atoms with van der Waals surface area (Å²) >= 11 is 0. The second kappa shape index (κ2) is 18.0. The fourth-order valence-corrected chi connectivity index (χ4v) is 3.43. The molecule has 1 aliphatic carbocycles. The number of allylic oxidation sites excluding steroid dienone is 12. The van der Waals surface area contributed by atoms with E-state index in [0.29, 0.717) is 0 Å². The number of unbranched alkanes of at least 4 members (excludes halogenated alkanes) is 1. The molecule has 0 aromatic heterocycles. The Bertz CT molecular complexity index is 919. The Morgan fingerprint density at radius 2 is 1.47 bits per heavy atom. The summed E-state index contributed by atoms with van der Waals surface area (Å²) < 4.78 is 0. The molecule has 0 aromatic carbocycles. The van der Waals surface area contributed by atoms with Gasteiger partial charge in [-0.05, 0) is 12.8 Å². The molecule has 0 heterocycles. The van der Waals surface area contributed by atoms with E-state index >= 15 is 0 Å². The smallest absolute Gasteiger partial charge is 0.244 e. The van der Waals surface area contributed by atoms with E-state index in [1.54, 1.807) is 48.6 Å². The van der Waals surface area contributed by atoms with Gasteiger partial charge in [0.15, 0.2) is 11.6 Å². The third-order valence-corrected chi connectivity index (χ3v) is 5.71. The number of hydrogen-bond donors (Lipinski definition) is 3. The number of rotatable bonds is 15. The molecule has 1 amide bonds. The van der Waals surface area contributed by atoms with Crippen LogP contribution in [0.5, 0.6) is 0 Å². The van der Waals surface area contributed by atoms with Gasteiger partial charge >= 0.3 is 0 Å². The lowest BCUT2D eigenvalue weighted by molar-refractivity contribution is -0.129. The van der Waals surface area contributed by atoms with Crippen molar-refractivity contribution in [3.63, 3.8) is 0 Å². The van der Waals surface area contributed by atoms with E-state index in [1.807, 2.05) is 50.3 Å². The number of amides is 1. The minimum atomic E-state index is -0.992. The summed E-state index contributed by atoms with van der Waals surface area (Å²) in [5, 5.41) is 23.1. The minimum Gasteiger partial charge on any atom is -0.392 e. The molecule has 1 aliphatic rings. The van der Waals surface area contributed by atoms with Gasteiger partial charge in [0.05, 0.1) is 12.2 Å². The summed E-state index contributed by atoms with van der Waals surface area (Å²) in [7, 11) is 0. The average Bonchev–Trinajstić information content (AvgIpc) is 3.18. The van der Waals surface area contributed by atoms with Gasteiger partial charge in [-0.25, -0.2) is 0 Å². The SMILES string of the molecule is C=CC=CC=CC(O)C(C)C(O)C(C)C=CCCC=C/C=C/C=CC=CC(=O)NC1C(=O)CCC1=O. The first-order valence-corrected chi connectivity index (χ1v) is 12.3. The van der Waals surface area contributed by atoms with Gasteiger partial charge in [-0.15, -0.1) is 0 Å². The summed E-state index contributed by atoms with van der Waals surface area (Å²) in [4.78, 5) is 34.8.